The average Bonchev–Trinajstić information content (AvgIpc) is 2.45. The molecular weight excluding hydrogens is 288 g/mol. The molecule has 0 fully saturated rings. The molecule has 0 bridgehead atoms. The lowest BCUT2D eigenvalue weighted by Crippen LogP contribution is -2.34. The monoisotopic (exact) mass is 314 g/mol. The maximum atomic E-state index is 12.3. The van der Waals surface area contributed by atoms with E-state index in [-0.39, 0.29) is 5.03 Å². The summed E-state index contributed by atoms with van der Waals surface area (Å²) in [6.45, 7) is 4.86. The number of nitrogens with zero attached hydrogens (tertiary/aromatic N) is 3. The lowest BCUT2D eigenvalue weighted by atomic mass is 10.3. The zero-order chi connectivity index (χ0) is 15.9. The van der Waals surface area contributed by atoms with E-state index in [1.54, 1.807) is 19.3 Å². The van der Waals surface area contributed by atoms with Gasteiger partial charge in [-0.25, -0.2) is 13.4 Å². The summed E-state index contributed by atoms with van der Waals surface area (Å²) in [7, 11) is 1.91. The normalized spacial score (nSPS) is 12.3. The molecule has 1 N–H and O–H groups in total. The molecule has 0 aromatic carbocycles. The molecule has 0 saturated carbocycles. The van der Waals surface area contributed by atoms with Gasteiger partial charge in [0.2, 0.25) is 0 Å². The zero-order valence-electron chi connectivity index (χ0n) is 13.3. The van der Waals surface area contributed by atoms with Crippen LogP contribution in [0.3, 0.4) is 0 Å². The van der Waals surface area contributed by atoms with Crippen molar-refractivity contribution in [2.75, 3.05) is 40.8 Å². The summed E-state index contributed by atoms with van der Waals surface area (Å²) < 4.78 is 26.0. The fourth-order valence-electron chi connectivity index (χ4n) is 1.70. The van der Waals surface area contributed by atoms with Crippen LogP contribution in [0.4, 0.5) is 0 Å². The predicted molar refractivity (Wildman–Crippen MR) is 84.6 cm³/mol. The first-order valence-corrected chi connectivity index (χ1v) is 8.58. The molecule has 0 radical (unpaired) electrons. The fraction of sp³-hybridized carbons (Fsp3) is 0.643. The Morgan fingerprint density at radius 3 is 2.43 bits per heavy atom. The molecule has 0 spiro atoms. The van der Waals surface area contributed by atoms with Gasteiger partial charge in [0, 0.05) is 32.9 Å². The molecule has 0 saturated heterocycles. The van der Waals surface area contributed by atoms with Crippen molar-refractivity contribution in [1.82, 2.24) is 19.5 Å². The molecule has 1 aromatic rings. The maximum Gasteiger partial charge on any atom is 0.260 e. The van der Waals surface area contributed by atoms with Crippen LogP contribution in [0.2, 0.25) is 0 Å². The molecule has 21 heavy (non-hydrogen) atoms. The highest BCUT2D eigenvalue weighted by molar-refractivity contribution is 7.89. The standard InChI is InChI=1S/C14H26N4O2S/c1-5-8-15-11-13-6-7-14(16-12-13)21(19,20)18(4)10-9-17(2)3/h6-7,12,15H,5,8-11H2,1-4H3. The highest BCUT2D eigenvalue weighted by atomic mass is 32.2. The van der Waals surface area contributed by atoms with Crippen molar-refractivity contribution in [3.8, 4) is 0 Å². The SMILES string of the molecule is CCCNCc1ccc(S(=O)(=O)N(C)CCN(C)C)nc1. The Morgan fingerprint density at radius 1 is 1.19 bits per heavy atom. The number of hydrogen-bond donors (Lipinski definition) is 1. The Balaban J connectivity index is 2.70. The summed E-state index contributed by atoms with van der Waals surface area (Å²) in [5, 5.41) is 3.36. The van der Waals surface area contributed by atoms with Crippen LogP contribution in [-0.2, 0) is 16.6 Å². The maximum absolute atomic E-state index is 12.3. The summed E-state index contributed by atoms with van der Waals surface area (Å²) in [6, 6.07) is 3.38. The summed E-state index contributed by atoms with van der Waals surface area (Å²) in [6.07, 6.45) is 2.69. The van der Waals surface area contributed by atoms with Crippen LogP contribution in [0.25, 0.3) is 0 Å². The number of hydrogen-bond acceptors (Lipinski definition) is 5. The van der Waals surface area contributed by atoms with Crippen LogP contribution < -0.4 is 5.32 Å². The number of sulfonamides is 1. The van der Waals surface area contributed by atoms with E-state index in [0.717, 1.165) is 18.5 Å². The Bertz CT molecular complexity index is 514. The molecule has 1 aromatic heterocycles. The molecule has 120 valence electrons. The van der Waals surface area contributed by atoms with Crippen molar-refractivity contribution >= 4 is 10.0 Å². The van der Waals surface area contributed by atoms with Gasteiger partial charge in [-0.1, -0.05) is 13.0 Å². The third kappa shape index (κ3) is 5.70. The minimum Gasteiger partial charge on any atom is -0.313 e. The number of aromatic nitrogens is 1. The Hall–Kier alpha value is -1.02. The molecule has 0 atom stereocenters. The Labute approximate surface area is 128 Å². The highest BCUT2D eigenvalue weighted by Crippen LogP contribution is 2.12. The molecular formula is C14H26N4O2S. The van der Waals surface area contributed by atoms with Gasteiger partial charge in [-0.05, 0) is 38.7 Å². The number of likely N-dealkylation sites (N-methyl/N-ethyl adjacent to an activating group) is 2. The minimum absolute atomic E-state index is 0.1000. The van der Waals surface area contributed by atoms with Gasteiger partial charge in [-0.2, -0.15) is 4.31 Å². The summed E-state index contributed by atoms with van der Waals surface area (Å²) in [5.41, 5.74) is 0.985. The first-order chi connectivity index (χ1) is 9.87. The van der Waals surface area contributed by atoms with Crippen LogP contribution in [-0.4, -0.2) is 63.4 Å². The molecule has 0 amide bonds. The van der Waals surface area contributed by atoms with Crippen molar-refractivity contribution in [3.05, 3.63) is 23.9 Å². The van der Waals surface area contributed by atoms with E-state index >= 15 is 0 Å². The van der Waals surface area contributed by atoms with E-state index in [1.807, 2.05) is 25.1 Å². The third-order valence-corrected chi connectivity index (χ3v) is 4.86. The third-order valence-electron chi connectivity index (χ3n) is 3.09. The van der Waals surface area contributed by atoms with Crippen molar-refractivity contribution in [3.63, 3.8) is 0 Å². The molecule has 7 heteroatoms. The van der Waals surface area contributed by atoms with Crippen molar-refractivity contribution < 1.29 is 8.42 Å². The molecule has 0 aliphatic rings. The average molecular weight is 314 g/mol. The van der Waals surface area contributed by atoms with Crippen molar-refractivity contribution in [2.45, 2.75) is 24.9 Å². The van der Waals surface area contributed by atoms with E-state index in [2.05, 4.69) is 17.2 Å². The second-order valence-corrected chi connectivity index (χ2v) is 7.30. The van der Waals surface area contributed by atoms with Gasteiger partial charge in [0.05, 0.1) is 0 Å². The van der Waals surface area contributed by atoms with Gasteiger partial charge in [0.1, 0.15) is 0 Å². The van der Waals surface area contributed by atoms with Gasteiger partial charge in [-0.15, -0.1) is 0 Å². The molecule has 0 unspecified atom stereocenters. The molecule has 0 aliphatic carbocycles. The Kier molecular flexibility index (Phi) is 7.24. The quantitative estimate of drug-likeness (QED) is 0.682. The summed E-state index contributed by atoms with van der Waals surface area (Å²) in [4.78, 5) is 6.04. The van der Waals surface area contributed by atoms with Crippen molar-refractivity contribution in [1.29, 1.82) is 0 Å². The highest BCUT2D eigenvalue weighted by Gasteiger charge is 2.21. The van der Waals surface area contributed by atoms with E-state index in [0.29, 0.717) is 19.6 Å². The van der Waals surface area contributed by atoms with Gasteiger partial charge in [-0.3, -0.25) is 0 Å². The smallest absolute Gasteiger partial charge is 0.260 e. The minimum atomic E-state index is -3.50. The van der Waals surface area contributed by atoms with Crippen molar-refractivity contribution in [2.24, 2.45) is 0 Å². The molecule has 1 heterocycles. The topological polar surface area (TPSA) is 65.5 Å². The second-order valence-electron chi connectivity index (χ2n) is 5.31. The summed E-state index contributed by atoms with van der Waals surface area (Å²) >= 11 is 0. The van der Waals surface area contributed by atoms with E-state index in [1.165, 1.54) is 4.31 Å². The number of rotatable bonds is 9. The first kappa shape index (κ1) is 18.0. The second kappa shape index (κ2) is 8.43. The van der Waals surface area contributed by atoms with Gasteiger partial charge < -0.3 is 10.2 Å². The number of pyridine rings is 1. The van der Waals surface area contributed by atoms with Gasteiger partial charge in [0.25, 0.3) is 10.0 Å². The van der Waals surface area contributed by atoms with E-state index < -0.39 is 10.0 Å². The van der Waals surface area contributed by atoms with E-state index in [9.17, 15) is 8.42 Å². The van der Waals surface area contributed by atoms with Gasteiger partial charge >= 0.3 is 0 Å². The zero-order valence-corrected chi connectivity index (χ0v) is 14.2. The Morgan fingerprint density at radius 2 is 1.90 bits per heavy atom. The summed E-state index contributed by atoms with van der Waals surface area (Å²) in [5.74, 6) is 0. The first-order valence-electron chi connectivity index (χ1n) is 7.14. The molecule has 1 rings (SSSR count). The largest absolute Gasteiger partial charge is 0.313 e. The lowest BCUT2D eigenvalue weighted by molar-refractivity contribution is 0.358. The van der Waals surface area contributed by atoms with Crippen LogP contribution in [0.1, 0.15) is 18.9 Å². The fourth-order valence-corrected chi connectivity index (χ4v) is 2.77. The predicted octanol–water partition coefficient (Wildman–Crippen LogP) is 0.763. The number of nitrogens with one attached hydrogen (secondary N) is 1. The molecule has 6 nitrogen and oxygen atoms in total. The lowest BCUT2D eigenvalue weighted by Gasteiger charge is -2.19. The van der Waals surface area contributed by atoms with Crippen LogP contribution >= 0.6 is 0 Å². The van der Waals surface area contributed by atoms with E-state index in [4.69, 9.17) is 0 Å². The van der Waals surface area contributed by atoms with Crippen LogP contribution in [0.5, 0.6) is 0 Å². The molecule has 0 aliphatic heterocycles. The van der Waals surface area contributed by atoms with Crippen LogP contribution in [0.15, 0.2) is 23.4 Å². The van der Waals surface area contributed by atoms with Gasteiger partial charge in [0.15, 0.2) is 5.03 Å². The van der Waals surface area contributed by atoms with Crippen LogP contribution in [0, 0.1) is 0 Å².